The maximum atomic E-state index is 12.6. The molecule has 0 saturated carbocycles. The molecule has 162 valence electrons. The monoisotopic (exact) mass is 453 g/mol. The zero-order valence-corrected chi connectivity index (χ0v) is 17.2. The quantitative estimate of drug-likeness (QED) is 0.312. The zero-order valence-electron chi connectivity index (χ0n) is 16.4. The molecule has 3 aromatic carbocycles. The summed E-state index contributed by atoms with van der Waals surface area (Å²) in [6.45, 7) is -0.524. The van der Waals surface area contributed by atoms with Crippen LogP contribution in [0.2, 0.25) is 5.02 Å². The van der Waals surface area contributed by atoms with E-state index in [4.69, 9.17) is 16.3 Å². The summed E-state index contributed by atoms with van der Waals surface area (Å²) in [7, 11) is 0. The van der Waals surface area contributed by atoms with Crippen molar-refractivity contribution in [2.45, 2.75) is 0 Å². The molecule has 0 saturated heterocycles. The number of carbonyl (C=O) groups is 3. The van der Waals surface area contributed by atoms with Crippen LogP contribution < -0.4 is 10.6 Å². The number of esters is 1. The van der Waals surface area contributed by atoms with Gasteiger partial charge in [-0.05, 0) is 30.3 Å². The SMILES string of the molecule is O=C(COC(=O)c1ccccc1NC(=O)c1ccc([N+](=O)[O-])cc1Cl)Nc1ccccc1. The highest BCUT2D eigenvalue weighted by molar-refractivity contribution is 6.34. The van der Waals surface area contributed by atoms with Crippen LogP contribution in [0.25, 0.3) is 0 Å². The number of nitrogens with zero attached hydrogens (tertiary/aromatic N) is 1. The molecule has 0 unspecified atom stereocenters. The number of halogens is 1. The Bertz CT molecular complexity index is 1180. The molecule has 0 aliphatic carbocycles. The molecule has 0 aliphatic heterocycles. The minimum absolute atomic E-state index is 0.0114. The van der Waals surface area contributed by atoms with Gasteiger partial charge in [0.25, 0.3) is 17.5 Å². The number of benzene rings is 3. The minimum atomic E-state index is -0.820. The van der Waals surface area contributed by atoms with Crippen molar-refractivity contribution in [2.24, 2.45) is 0 Å². The lowest BCUT2D eigenvalue weighted by Gasteiger charge is -2.12. The Labute approximate surface area is 187 Å². The average Bonchev–Trinajstić information content (AvgIpc) is 2.78. The Balaban J connectivity index is 1.67. The van der Waals surface area contributed by atoms with Gasteiger partial charge < -0.3 is 15.4 Å². The van der Waals surface area contributed by atoms with E-state index < -0.39 is 29.3 Å². The first kappa shape index (κ1) is 22.4. The van der Waals surface area contributed by atoms with Crippen molar-refractivity contribution >= 4 is 46.4 Å². The van der Waals surface area contributed by atoms with Gasteiger partial charge in [-0.1, -0.05) is 41.9 Å². The summed E-state index contributed by atoms with van der Waals surface area (Å²) in [4.78, 5) is 47.2. The van der Waals surface area contributed by atoms with E-state index in [1.807, 2.05) is 0 Å². The molecule has 3 rings (SSSR count). The summed E-state index contributed by atoms with van der Waals surface area (Å²) in [5.74, 6) is -2.02. The van der Waals surface area contributed by atoms with Crippen molar-refractivity contribution in [3.05, 3.63) is 99.1 Å². The second-order valence-electron chi connectivity index (χ2n) is 6.41. The summed E-state index contributed by atoms with van der Waals surface area (Å²) in [6, 6.07) is 18.1. The van der Waals surface area contributed by atoms with Gasteiger partial charge in [-0.2, -0.15) is 0 Å². The molecular weight excluding hydrogens is 438 g/mol. The van der Waals surface area contributed by atoms with E-state index in [9.17, 15) is 24.5 Å². The van der Waals surface area contributed by atoms with Crippen LogP contribution in [0.15, 0.2) is 72.8 Å². The van der Waals surface area contributed by atoms with Crippen LogP contribution in [0.5, 0.6) is 0 Å². The Morgan fingerprint density at radius 2 is 1.59 bits per heavy atom. The zero-order chi connectivity index (χ0) is 23.1. The van der Waals surface area contributed by atoms with Crippen molar-refractivity contribution in [3.8, 4) is 0 Å². The fourth-order valence-corrected chi connectivity index (χ4v) is 2.95. The van der Waals surface area contributed by atoms with Crippen LogP contribution in [0.4, 0.5) is 17.1 Å². The number of nitrogens with one attached hydrogen (secondary N) is 2. The molecule has 0 radical (unpaired) electrons. The maximum Gasteiger partial charge on any atom is 0.340 e. The number of ether oxygens (including phenoxy) is 1. The Morgan fingerprint density at radius 1 is 0.906 bits per heavy atom. The number of para-hydroxylation sites is 2. The minimum Gasteiger partial charge on any atom is -0.452 e. The summed E-state index contributed by atoms with van der Waals surface area (Å²) >= 11 is 5.99. The van der Waals surface area contributed by atoms with Crippen molar-refractivity contribution in [1.29, 1.82) is 0 Å². The Morgan fingerprint density at radius 3 is 2.28 bits per heavy atom. The van der Waals surface area contributed by atoms with Crippen LogP contribution in [0.3, 0.4) is 0 Å². The van der Waals surface area contributed by atoms with Crippen molar-refractivity contribution in [3.63, 3.8) is 0 Å². The van der Waals surface area contributed by atoms with E-state index in [1.165, 1.54) is 18.2 Å². The van der Waals surface area contributed by atoms with Crippen molar-refractivity contribution in [2.75, 3.05) is 17.2 Å². The van der Waals surface area contributed by atoms with E-state index in [-0.39, 0.29) is 27.5 Å². The van der Waals surface area contributed by atoms with Gasteiger partial charge in [0, 0.05) is 17.8 Å². The number of rotatable bonds is 7. The smallest absolute Gasteiger partial charge is 0.340 e. The standard InChI is InChI=1S/C22H16ClN3O6/c23-18-12-15(26(30)31)10-11-16(18)21(28)25-19-9-5-4-8-17(19)22(29)32-13-20(27)24-14-6-2-1-3-7-14/h1-12H,13H2,(H,24,27)(H,25,28). The van der Waals surface area contributed by atoms with Crippen molar-refractivity contribution < 1.29 is 24.0 Å². The second kappa shape index (κ2) is 10.2. The van der Waals surface area contributed by atoms with Gasteiger partial charge in [0.05, 0.1) is 26.8 Å². The van der Waals surface area contributed by atoms with Crippen LogP contribution in [0, 0.1) is 10.1 Å². The van der Waals surface area contributed by atoms with Crippen LogP contribution in [-0.2, 0) is 9.53 Å². The van der Waals surface area contributed by atoms with Gasteiger partial charge in [0.2, 0.25) is 0 Å². The van der Waals surface area contributed by atoms with E-state index >= 15 is 0 Å². The van der Waals surface area contributed by atoms with E-state index in [1.54, 1.807) is 42.5 Å². The molecule has 0 aliphatic rings. The molecule has 3 aromatic rings. The Hall–Kier alpha value is -4.24. The second-order valence-corrected chi connectivity index (χ2v) is 6.82. The third-order valence-corrected chi connectivity index (χ3v) is 4.51. The Kier molecular flexibility index (Phi) is 7.14. The molecule has 0 fully saturated rings. The first-order valence-corrected chi connectivity index (χ1v) is 9.59. The highest BCUT2D eigenvalue weighted by Crippen LogP contribution is 2.24. The molecule has 2 N–H and O–H groups in total. The molecule has 2 amide bonds. The summed E-state index contributed by atoms with van der Waals surface area (Å²) in [5.41, 5.74) is 0.431. The predicted octanol–water partition coefficient (Wildman–Crippen LogP) is 4.30. The average molecular weight is 454 g/mol. The summed E-state index contributed by atoms with van der Waals surface area (Å²) in [6.07, 6.45) is 0. The molecular formula is C22H16ClN3O6. The van der Waals surface area contributed by atoms with Gasteiger partial charge in [-0.25, -0.2) is 4.79 Å². The van der Waals surface area contributed by atoms with Crippen LogP contribution in [-0.4, -0.2) is 29.3 Å². The predicted molar refractivity (Wildman–Crippen MR) is 118 cm³/mol. The number of carbonyl (C=O) groups excluding carboxylic acids is 3. The third-order valence-electron chi connectivity index (χ3n) is 4.20. The molecule has 9 nitrogen and oxygen atoms in total. The lowest BCUT2D eigenvalue weighted by Crippen LogP contribution is -2.22. The molecule has 10 heteroatoms. The number of nitro groups is 1. The number of amides is 2. The number of nitro benzene ring substituents is 1. The van der Waals surface area contributed by atoms with E-state index in [0.717, 1.165) is 12.1 Å². The highest BCUT2D eigenvalue weighted by Gasteiger charge is 2.19. The number of hydrogen-bond donors (Lipinski definition) is 2. The first-order chi connectivity index (χ1) is 15.3. The molecule has 0 heterocycles. The molecule has 32 heavy (non-hydrogen) atoms. The first-order valence-electron chi connectivity index (χ1n) is 9.21. The molecule has 0 bridgehead atoms. The molecule has 0 aromatic heterocycles. The fourth-order valence-electron chi connectivity index (χ4n) is 2.69. The largest absolute Gasteiger partial charge is 0.452 e. The normalized spacial score (nSPS) is 10.2. The topological polar surface area (TPSA) is 128 Å². The van der Waals surface area contributed by atoms with Crippen LogP contribution >= 0.6 is 11.6 Å². The van der Waals surface area contributed by atoms with Gasteiger partial charge in [0.1, 0.15) is 0 Å². The van der Waals surface area contributed by atoms with Gasteiger partial charge in [-0.15, -0.1) is 0 Å². The van der Waals surface area contributed by atoms with Gasteiger partial charge in [-0.3, -0.25) is 19.7 Å². The summed E-state index contributed by atoms with van der Waals surface area (Å²) < 4.78 is 5.05. The third kappa shape index (κ3) is 5.67. The highest BCUT2D eigenvalue weighted by atomic mass is 35.5. The molecule has 0 spiro atoms. The number of anilines is 2. The lowest BCUT2D eigenvalue weighted by molar-refractivity contribution is -0.384. The maximum absolute atomic E-state index is 12.6. The fraction of sp³-hybridized carbons (Fsp3) is 0.0455. The number of non-ortho nitro benzene ring substituents is 1. The van der Waals surface area contributed by atoms with Crippen molar-refractivity contribution in [1.82, 2.24) is 0 Å². The number of hydrogen-bond acceptors (Lipinski definition) is 6. The van der Waals surface area contributed by atoms with Gasteiger partial charge in [0.15, 0.2) is 6.61 Å². The molecule has 0 atom stereocenters. The lowest BCUT2D eigenvalue weighted by atomic mass is 10.1. The van der Waals surface area contributed by atoms with E-state index in [0.29, 0.717) is 5.69 Å². The van der Waals surface area contributed by atoms with E-state index in [2.05, 4.69) is 10.6 Å². The van der Waals surface area contributed by atoms with Crippen LogP contribution in [0.1, 0.15) is 20.7 Å². The summed E-state index contributed by atoms with van der Waals surface area (Å²) in [5, 5.41) is 15.8. The van der Waals surface area contributed by atoms with Gasteiger partial charge >= 0.3 is 5.97 Å².